The number of hydrogen-bond acceptors (Lipinski definition) is 4. The summed E-state index contributed by atoms with van der Waals surface area (Å²) < 4.78 is 0. The lowest BCUT2D eigenvalue weighted by Gasteiger charge is -2.23. The molecular formula is C18H42Cl2N2O2. The van der Waals surface area contributed by atoms with E-state index in [1.165, 1.54) is 70.6 Å². The van der Waals surface area contributed by atoms with Gasteiger partial charge in [-0.2, -0.15) is 0 Å². The van der Waals surface area contributed by atoms with Crippen LogP contribution in [0.25, 0.3) is 0 Å². The molecule has 0 heterocycles. The van der Waals surface area contributed by atoms with E-state index in [0.29, 0.717) is 0 Å². The van der Waals surface area contributed by atoms with Crippen molar-refractivity contribution >= 4 is 24.8 Å². The van der Waals surface area contributed by atoms with Crippen LogP contribution in [0, 0.1) is 0 Å². The Labute approximate surface area is 162 Å². The summed E-state index contributed by atoms with van der Waals surface area (Å²) >= 11 is 0. The molecule has 0 fully saturated rings. The lowest BCUT2D eigenvalue weighted by molar-refractivity contribution is 0.0657. The second-order valence-corrected chi connectivity index (χ2v) is 6.67. The molecule has 0 aliphatic rings. The highest BCUT2D eigenvalue weighted by atomic mass is 35.5. The van der Waals surface area contributed by atoms with Gasteiger partial charge in [-0.1, -0.05) is 84.0 Å². The predicted octanol–water partition coefficient (Wildman–Crippen LogP) is 3.93. The number of hydrogen-bond donors (Lipinski definition) is 4. The number of nitrogens with two attached hydrogens (primary N) is 2. The fourth-order valence-corrected chi connectivity index (χ4v) is 2.82. The average molecular weight is 389 g/mol. The van der Waals surface area contributed by atoms with Crippen molar-refractivity contribution in [2.45, 2.75) is 109 Å². The van der Waals surface area contributed by atoms with Crippen molar-refractivity contribution in [1.29, 1.82) is 0 Å². The van der Waals surface area contributed by atoms with E-state index in [9.17, 15) is 5.11 Å². The second kappa shape index (κ2) is 21.5. The highest BCUT2D eigenvalue weighted by Gasteiger charge is 2.20. The van der Waals surface area contributed by atoms with Crippen LogP contribution < -0.4 is 11.5 Å². The molecule has 0 radical (unpaired) electrons. The summed E-state index contributed by atoms with van der Waals surface area (Å²) in [6, 6.07) is -0.733. The Balaban J connectivity index is -0.00000220. The predicted molar refractivity (Wildman–Crippen MR) is 109 cm³/mol. The van der Waals surface area contributed by atoms with Gasteiger partial charge in [0, 0.05) is 12.1 Å². The number of aliphatic hydroxyl groups is 2. The first kappa shape index (κ1) is 29.2. The van der Waals surface area contributed by atoms with Crippen LogP contribution in [0.2, 0.25) is 0 Å². The molecule has 0 aliphatic heterocycles. The third-order valence-electron chi connectivity index (χ3n) is 4.52. The summed E-state index contributed by atoms with van der Waals surface area (Å²) in [6.07, 6.45) is 15.8. The zero-order valence-electron chi connectivity index (χ0n) is 15.5. The van der Waals surface area contributed by atoms with Crippen LogP contribution in [0.1, 0.15) is 90.4 Å². The second-order valence-electron chi connectivity index (χ2n) is 6.67. The SMILES string of the molecule is CCCCCCCCCCCCCC[C@@H](N)[C@@H](N)[C@H](O)CO.Cl.Cl. The van der Waals surface area contributed by atoms with E-state index in [2.05, 4.69) is 6.92 Å². The largest absolute Gasteiger partial charge is 0.394 e. The van der Waals surface area contributed by atoms with Crippen molar-refractivity contribution in [3.8, 4) is 0 Å². The van der Waals surface area contributed by atoms with Gasteiger partial charge in [-0.3, -0.25) is 0 Å². The number of aliphatic hydroxyl groups excluding tert-OH is 2. The number of halogens is 2. The van der Waals surface area contributed by atoms with Gasteiger partial charge in [0.05, 0.1) is 12.7 Å². The van der Waals surface area contributed by atoms with Crippen LogP contribution in [0.15, 0.2) is 0 Å². The Kier molecular flexibility index (Phi) is 26.1. The zero-order valence-corrected chi connectivity index (χ0v) is 17.1. The molecule has 0 spiro atoms. The van der Waals surface area contributed by atoms with Crippen LogP contribution in [0.3, 0.4) is 0 Å². The monoisotopic (exact) mass is 388 g/mol. The highest BCUT2D eigenvalue weighted by molar-refractivity contribution is 5.85. The minimum absolute atomic E-state index is 0. The molecule has 0 amide bonds. The first-order chi connectivity index (χ1) is 10.6. The summed E-state index contributed by atoms with van der Waals surface area (Å²) in [5.41, 5.74) is 11.7. The van der Waals surface area contributed by atoms with E-state index in [1.54, 1.807) is 0 Å². The number of rotatable bonds is 16. The molecular weight excluding hydrogens is 347 g/mol. The van der Waals surface area contributed by atoms with Gasteiger partial charge in [0.25, 0.3) is 0 Å². The summed E-state index contributed by atoms with van der Waals surface area (Å²) in [5, 5.41) is 18.3. The van der Waals surface area contributed by atoms with Crippen molar-refractivity contribution < 1.29 is 10.2 Å². The Morgan fingerprint density at radius 3 is 1.46 bits per heavy atom. The molecule has 0 saturated heterocycles. The van der Waals surface area contributed by atoms with Crippen LogP contribution in [-0.2, 0) is 0 Å². The van der Waals surface area contributed by atoms with Gasteiger partial charge < -0.3 is 21.7 Å². The third kappa shape index (κ3) is 17.2. The summed E-state index contributed by atoms with van der Waals surface area (Å²) in [6.45, 7) is 1.95. The number of unbranched alkanes of at least 4 members (excludes halogenated alkanes) is 11. The van der Waals surface area contributed by atoms with E-state index < -0.39 is 12.1 Å². The fourth-order valence-electron chi connectivity index (χ4n) is 2.82. The first-order valence-corrected chi connectivity index (χ1v) is 9.43. The van der Waals surface area contributed by atoms with Crippen LogP contribution in [-0.4, -0.2) is 35.0 Å². The molecule has 0 aromatic heterocycles. The Hall–Kier alpha value is 0.420. The molecule has 6 heteroatoms. The first-order valence-electron chi connectivity index (χ1n) is 9.43. The Bertz CT molecular complexity index is 237. The van der Waals surface area contributed by atoms with Gasteiger partial charge in [0.15, 0.2) is 0 Å². The van der Waals surface area contributed by atoms with Gasteiger partial charge in [-0.05, 0) is 6.42 Å². The molecule has 6 N–H and O–H groups in total. The minimum atomic E-state index is -0.896. The van der Waals surface area contributed by atoms with E-state index in [0.717, 1.165) is 12.8 Å². The van der Waals surface area contributed by atoms with E-state index in [-0.39, 0.29) is 37.5 Å². The van der Waals surface area contributed by atoms with Gasteiger partial charge >= 0.3 is 0 Å². The quantitative estimate of drug-likeness (QED) is 0.301. The maximum Gasteiger partial charge on any atom is 0.0936 e. The zero-order chi connectivity index (χ0) is 16.6. The maximum atomic E-state index is 9.43. The Morgan fingerprint density at radius 1 is 0.708 bits per heavy atom. The van der Waals surface area contributed by atoms with Crippen molar-refractivity contribution in [3.05, 3.63) is 0 Å². The maximum absolute atomic E-state index is 9.43. The van der Waals surface area contributed by atoms with Gasteiger partial charge in [-0.15, -0.1) is 24.8 Å². The van der Waals surface area contributed by atoms with Crippen molar-refractivity contribution in [2.24, 2.45) is 11.5 Å². The standard InChI is InChI=1S/C18H40N2O2.2ClH/c1-2-3-4-5-6-7-8-9-10-11-12-13-14-16(19)18(20)17(22)15-21;;/h16-18,21-22H,2-15,19-20H2,1H3;2*1H/t16-,17-,18-;;/m1../s1. The third-order valence-corrected chi connectivity index (χ3v) is 4.52. The van der Waals surface area contributed by atoms with Gasteiger partial charge in [0.1, 0.15) is 0 Å². The van der Waals surface area contributed by atoms with Crippen LogP contribution in [0.5, 0.6) is 0 Å². The molecule has 0 bridgehead atoms. The molecule has 0 aliphatic carbocycles. The van der Waals surface area contributed by atoms with Crippen molar-refractivity contribution in [3.63, 3.8) is 0 Å². The summed E-state index contributed by atoms with van der Waals surface area (Å²) in [5.74, 6) is 0. The molecule has 4 nitrogen and oxygen atoms in total. The smallest absolute Gasteiger partial charge is 0.0936 e. The lowest BCUT2D eigenvalue weighted by atomic mass is 9.98. The van der Waals surface area contributed by atoms with Gasteiger partial charge in [-0.25, -0.2) is 0 Å². The highest BCUT2D eigenvalue weighted by Crippen LogP contribution is 2.13. The minimum Gasteiger partial charge on any atom is -0.394 e. The van der Waals surface area contributed by atoms with Crippen molar-refractivity contribution in [2.75, 3.05) is 6.61 Å². The Morgan fingerprint density at radius 2 is 1.08 bits per heavy atom. The van der Waals surface area contributed by atoms with E-state index in [1.807, 2.05) is 0 Å². The molecule has 0 unspecified atom stereocenters. The van der Waals surface area contributed by atoms with E-state index >= 15 is 0 Å². The molecule has 0 aromatic rings. The topological polar surface area (TPSA) is 92.5 Å². The molecule has 0 rings (SSSR count). The molecule has 0 saturated carbocycles. The molecule has 0 aromatic carbocycles. The van der Waals surface area contributed by atoms with Crippen LogP contribution >= 0.6 is 24.8 Å². The van der Waals surface area contributed by atoms with E-state index in [4.69, 9.17) is 16.6 Å². The average Bonchev–Trinajstić information content (AvgIpc) is 2.54. The lowest BCUT2D eigenvalue weighted by Crippen LogP contribution is -2.50. The molecule has 3 atom stereocenters. The van der Waals surface area contributed by atoms with Crippen molar-refractivity contribution in [1.82, 2.24) is 0 Å². The molecule has 24 heavy (non-hydrogen) atoms. The summed E-state index contributed by atoms with van der Waals surface area (Å²) in [4.78, 5) is 0. The van der Waals surface area contributed by atoms with Gasteiger partial charge in [0.2, 0.25) is 0 Å². The fraction of sp³-hybridized carbons (Fsp3) is 1.00. The molecule has 150 valence electrons. The van der Waals surface area contributed by atoms with Crippen LogP contribution in [0.4, 0.5) is 0 Å². The summed E-state index contributed by atoms with van der Waals surface area (Å²) in [7, 11) is 0. The normalized spacial score (nSPS) is 14.4.